The predicted molar refractivity (Wildman–Crippen MR) is 129 cm³/mol. The van der Waals surface area contributed by atoms with Crippen LogP contribution in [0.15, 0.2) is 28.9 Å². The third-order valence-corrected chi connectivity index (χ3v) is 6.39. The number of methoxy groups -OCH3 is 1. The number of carbonyl (C=O) groups excluding carboxylic acids is 1. The van der Waals surface area contributed by atoms with Gasteiger partial charge in [0.2, 0.25) is 5.52 Å². The summed E-state index contributed by atoms with van der Waals surface area (Å²) in [4.78, 5) is 25.3. The molecule has 1 fully saturated rings. The Bertz CT molecular complexity index is 1230. The molecule has 3 N–H and O–H groups in total. The number of nitro groups is 1. The van der Waals surface area contributed by atoms with Crippen molar-refractivity contribution in [3.05, 3.63) is 45.0 Å². The fourth-order valence-corrected chi connectivity index (χ4v) is 4.22. The fourth-order valence-electron chi connectivity index (χ4n) is 4.05. The Morgan fingerprint density at radius 1 is 1.31 bits per heavy atom. The highest BCUT2D eigenvalue weighted by Gasteiger charge is 2.23. The van der Waals surface area contributed by atoms with Gasteiger partial charge >= 0.3 is 11.7 Å². The number of hydrogen-bond donors (Lipinski definition) is 2. The fraction of sp³-hybridized carbons (Fsp3) is 0.409. The standard InChI is InChI=1S/C22H25ClN6O6/c1-33-19-11-16(24)15(23)10-14(19)22(30)34-9-8-28-6-4-13(5-7-28)12-25-17-2-3-18(29(31)32)21-20(17)26-35-27-21/h2-3,10-11,13,25H,4-9,12,24H2,1H3. The molecule has 2 aromatic carbocycles. The van der Waals surface area contributed by atoms with Crippen LogP contribution in [0.3, 0.4) is 0 Å². The zero-order valence-electron chi connectivity index (χ0n) is 19.0. The molecule has 1 aliphatic rings. The molecule has 0 aliphatic carbocycles. The van der Waals surface area contributed by atoms with E-state index in [1.54, 1.807) is 6.07 Å². The van der Waals surface area contributed by atoms with Gasteiger partial charge in [-0.05, 0) is 54.3 Å². The number of piperidine rings is 1. The van der Waals surface area contributed by atoms with Gasteiger partial charge in [-0.1, -0.05) is 11.6 Å². The molecule has 0 atom stereocenters. The smallest absolute Gasteiger partial charge is 0.342 e. The summed E-state index contributed by atoms with van der Waals surface area (Å²) in [6.45, 7) is 3.28. The molecule has 0 amide bonds. The molecular formula is C22H25ClN6O6. The van der Waals surface area contributed by atoms with Crippen LogP contribution in [0, 0.1) is 16.0 Å². The summed E-state index contributed by atoms with van der Waals surface area (Å²) in [5.74, 6) is 0.219. The Balaban J connectivity index is 1.22. The second-order valence-electron chi connectivity index (χ2n) is 8.23. The minimum atomic E-state index is -0.514. The number of rotatable bonds is 9. The van der Waals surface area contributed by atoms with E-state index in [1.807, 2.05) is 0 Å². The van der Waals surface area contributed by atoms with Crippen LogP contribution in [-0.4, -0.2) is 66.0 Å². The Hall–Kier alpha value is -3.64. The molecule has 0 bridgehead atoms. The number of hydrogen-bond acceptors (Lipinski definition) is 11. The van der Waals surface area contributed by atoms with Crippen molar-refractivity contribution in [1.29, 1.82) is 0 Å². The molecular weight excluding hydrogens is 480 g/mol. The van der Waals surface area contributed by atoms with E-state index in [4.69, 9.17) is 31.4 Å². The zero-order chi connectivity index (χ0) is 24.9. The molecule has 0 radical (unpaired) electrons. The van der Waals surface area contributed by atoms with Crippen LogP contribution in [-0.2, 0) is 4.74 Å². The highest BCUT2D eigenvalue weighted by Crippen LogP contribution is 2.30. The first kappa shape index (κ1) is 24.5. The Kier molecular flexibility index (Phi) is 7.51. The average molecular weight is 505 g/mol. The van der Waals surface area contributed by atoms with Crippen LogP contribution < -0.4 is 15.8 Å². The van der Waals surface area contributed by atoms with Crippen molar-refractivity contribution in [3.63, 3.8) is 0 Å². The van der Waals surface area contributed by atoms with E-state index in [0.29, 0.717) is 41.6 Å². The van der Waals surface area contributed by atoms with Gasteiger partial charge in [-0.2, -0.15) is 0 Å². The number of carbonyl (C=O) groups is 1. The van der Waals surface area contributed by atoms with Gasteiger partial charge in [-0.15, -0.1) is 0 Å². The average Bonchev–Trinajstić information content (AvgIpc) is 3.34. The first-order valence-corrected chi connectivity index (χ1v) is 11.4. The van der Waals surface area contributed by atoms with Crippen molar-refractivity contribution in [2.75, 3.05) is 50.9 Å². The number of aromatic nitrogens is 2. The number of esters is 1. The minimum absolute atomic E-state index is 0.128. The molecule has 3 aromatic rings. The van der Waals surface area contributed by atoms with Gasteiger partial charge in [0.1, 0.15) is 17.9 Å². The number of anilines is 2. The van der Waals surface area contributed by atoms with Crippen LogP contribution in [0.25, 0.3) is 11.0 Å². The second-order valence-corrected chi connectivity index (χ2v) is 8.63. The Morgan fingerprint density at radius 2 is 2.06 bits per heavy atom. The van der Waals surface area contributed by atoms with E-state index in [-0.39, 0.29) is 28.4 Å². The van der Waals surface area contributed by atoms with Gasteiger partial charge in [0.25, 0.3) is 0 Å². The predicted octanol–water partition coefficient (Wildman–Crippen LogP) is 3.36. The number of nitro benzene ring substituents is 1. The number of nitrogen functional groups attached to an aromatic ring is 1. The molecule has 0 unspecified atom stereocenters. The molecule has 1 aromatic heterocycles. The van der Waals surface area contributed by atoms with Crippen molar-refractivity contribution in [2.24, 2.45) is 5.92 Å². The third kappa shape index (κ3) is 5.54. The summed E-state index contributed by atoms with van der Waals surface area (Å²) >= 11 is 6.02. The maximum absolute atomic E-state index is 12.5. The maximum Gasteiger partial charge on any atom is 0.342 e. The largest absolute Gasteiger partial charge is 0.496 e. The van der Waals surface area contributed by atoms with Gasteiger partial charge in [0.15, 0.2) is 5.52 Å². The molecule has 0 spiro atoms. The van der Waals surface area contributed by atoms with Crippen LogP contribution in [0.5, 0.6) is 5.75 Å². The lowest BCUT2D eigenvalue weighted by Gasteiger charge is -2.32. The number of nitrogens with zero attached hydrogens (tertiary/aromatic N) is 4. The molecule has 1 aliphatic heterocycles. The van der Waals surface area contributed by atoms with Crippen molar-refractivity contribution in [2.45, 2.75) is 12.8 Å². The maximum atomic E-state index is 12.5. The lowest BCUT2D eigenvalue weighted by Crippen LogP contribution is -2.38. The summed E-state index contributed by atoms with van der Waals surface area (Å²) in [5, 5.41) is 22.2. The van der Waals surface area contributed by atoms with E-state index in [1.165, 1.54) is 25.3 Å². The summed E-state index contributed by atoms with van der Waals surface area (Å²) in [6.07, 6.45) is 1.91. The molecule has 12 nitrogen and oxygen atoms in total. The number of nitrogens with one attached hydrogen (secondary N) is 1. The molecule has 35 heavy (non-hydrogen) atoms. The van der Waals surface area contributed by atoms with Crippen molar-refractivity contribution in [3.8, 4) is 5.75 Å². The van der Waals surface area contributed by atoms with Crippen molar-refractivity contribution >= 4 is 45.7 Å². The van der Waals surface area contributed by atoms with Gasteiger partial charge in [-0.3, -0.25) is 15.0 Å². The van der Waals surface area contributed by atoms with Gasteiger partial charge in [0, 0.05) is 25.2 Å². The number of ether oxygens (including phenoxy) is 2. The lowest BCUT2D eigenvalue weighted by atomic mass is 9.96. The van der Waals surface area contributed by atoms with Gasteiger partial charge in [0.05, 0.1) is 28.4 Å². The summed E-state index contributed by atoms with van der Waals surface area (Å²) in [6, 6.07) is 5.97. The number of nitrogens with two attached hydrogens (primary N) is 1. The topological polar surface area (TPSA) is 159 Å². The number of benzene rings is 2. The number of non-ortho nitro benzene ring substituents is 1. The summed E-state index contributed by atoms with van der Waals surface area (Å²) in [5.41, 5.74) is 7.30. The second kappa shape index (κ2) is 10.7. The Labute approximate surface area is 205 Å². The highest BCUT2D eigenvalue weighted by molar-refractivity contribution is 6.33. The van der Waals surface area contributed by atoms with E-state index < -0.39 is 10.9 Å². The first-order chi connectivity index (χ1) is 16.9. The summed E-state index contributed by atoms with van der Waals surface area (Å²) < 4.78 is 15.3. The summed E-state index contributed by atoms with van der Waals surface area (Å²) in [7, 11) is 1.45. The normalized spacial score (nSPS) is 14.7. The van der Waals surface area contributed by atoms with E-state index in [9.17, 15) is 14.9 Å². The SMILES string of the molecule is COc1cc(N)c(Cl)cc1C(=O)OCCN1CCC(CNc2ccc([N+](=O)[O-])c3nonc23)CC1. The van der Waals surface area contributed by atoms with Crippen molar-refractivity contribution < 1.29 is 23.8 Å². The van der Waals surface area contributed by atoms with Crippen LogP contribution in [0.2, 0.25) is 5.02 Å². The monoisotopic (exact) mass is 504 g/mol. The Morgan fingerprint density at radius 3 is 2.77 bits per heavy atom. The van der Waals surface area contributed by atoms with E-state index >= 15 is 0 Å². The minimum Gasteiger partial charge on any atom is -0.496 e. The quantitative estimate of drug-likeness (QED) is 0.190. The third-order valence-electron chi connectivity index (χ3n) is 6.06. The molecule has 186 valence electrons. The number of fused-ring (bicyclic) bond motifs is 1. The zero-order valence-corrected chi connectivity index (χ0v) is 19.8. The van der Waals surface area contributed by atoms with E-state index in [0.717, 1.165) is 25.9 Å². The molecule has 0 saturated carbocycles. The molecule has 2 heterocycles. The molecule has 4 rings (SSSR count). The number of likely N-dealkylation sites (tertiary alicyclic amines) is 1. The molecule has 1 saturated heterocycles. The van der Waals surface area contributed by atoms with Crippen LogP contribution in [0.4, 0.5) is 17.1 Å². The first-order valence-electron chi connectivity index (χ1n) is 11.0. The highest BCUT2D eigenvalue weighted by atomic mass is 35.5. The molecule has 13 heteroatoms. The number of halogens is 1. The van der Waals surface area contributed by atoms with Crippen LogP contribution in [0.1, 0.15) is 23.2 Å². The van der Waals surface area contributed by atoms with Crippen LogP contribution >= 0.6 is 11.6 Å². The van der Waals surface area contributed by atoms with E-state index in [2.05, 4.69) is 20.5 Å². The van der Waals surface area contributed by atoms with Gasteiger partial charge in [-0.25, -0.2) is 9.42 Å². The van der Waals surface area contributed by atoms with Crippen molar-refractivity contribution in [1.82, 2.24) is 15.2 Å². The lowest BCUT2D eigenvalue weighted by molar-refractivity contribution is -0.383. The van der Waals surface area contributed by atoms with Gasteiger partial charge < -0.3 is 20.5 Å².